The van der Waals surface area contributed by atoms with Crippen LogP contribution in [0.15, 0.2) is 18.2 Å². The predicted molar refractivity (Wildman–Crippen MR) is 68.8 cm³/mol. The SMILES string of the molecule is COc1ccc(C2CCC3(CC2)OCCO3)c(F)c1. The molecule has 1 spiro atoms. The third-order valence-electron chi connectivity index (χ3n) is 4.21. The van der Waals surface area contributed by atoms with Crippen molar-refractivity contribution < 1.29 is 18.6 Å². The lowest BCUT2D eigenvalue weighted by atomic mass is 9.81. The van der Waals surface area contributed by atoms with Gasteiger partial charge >= 0.3 is 0 Å². The summed E-state index contributed by atoms with van der Waals surface area (Å²) in [5.41, 5.74) is 0.786. The maximum absolute atomic E-state index is 14.0. The largest absolute Gasteiger partial charge is 0.497 e. The number of hydrogen-bond donors (Lipinski definition) is 0. The zero-order valence-corrected chi connectivity index (χ0v) is 11.2. The molecule has 1 aromatic rings. The highest BCUT2D eigenvalue weighted by atomic mass is 19.1. The number of ether oxygens (including phenoxy) is 3. The van der Waals surface area contributed by atoms with Crippen molar-refractivity contribution in [3.05, 3.63) is 29.6 Å². The predicted octanol–water partition coefficient (Wildman–Crippen LogP) is 3.24. The van der Waals surface area contributed by atoms with Gasteiger partial charge in [-0.3, -0.25) is 0 Å². The summed E-state index contributed by atoms with van der Waals surface area (Å²) in [5, 5.41) is 0. The van der Waals surface area contributed by atoms with Crippen LogP contribution in [0.5, 0.6) is 5.75 Å². The number of rotatable bonds is 2. The highest BCUT2D eigenvalue weighted by Gasteiger charge is 2.40. The smallest absolute Gasteiger partial charge is 0.168 e. The van der Waals surface area contributed by atoms with Crippen molar-refractivity contribution in [2.45, 2.75) is 37.4 Å². The summed E-state index contributed by atoms with van der Waals surface area (Å²) in [6, 6.07) is 5.13. The fourth-order valence-electron chi connectivity index (χ4n) is 3.12. The summed E-state index contributed by atoms with van der Waals surface area (Å²) in [7, 11) is 1.55. The molecule has 0 amide bonds. The van der Waals surface area contributed by atoms with E-state index >= 15 is 0 Å². The first kappa shape index (κ1) is 12.9. The topological polar surface area (TPSA) is 27.7 Å². The Morgan fingerprint density at radius 1 is 1.21 bits per heavy atom. The monoisotopic (exact) mass is 266 g/mol. The van der Waals surface area contributed by atoms with E-state index in [-0.39, 0.29) is 17.5 Å². The van der Waals surface area contributed by atoms with Crippen LogP contribution in [-0.2, 0) is 9.47 Å². The average Bonchev–Trinajstić information content (AvgIpc) is 2.88. The van der Waals surface area contributed by atoms with E-state index in [4.69, 9.17) is 14.2 Å². The van der Waals surface area contributed by atoms with Gasteiger partial charge in [0, 0.05) is 18.9 Å². The molecule has 1 saturated heterocycles. The van der Waals surface area contributed by atoms with Crippen LogP contribution < -0.4 is 4.74 Å². The quantitative estimate of drug-likeness (QED) is 0.822. The molecule has 1 heterocycles. The Bertz CT molecular complexity index is 445. The lowest BCUT2D eigenvalue weighted by Crippen LogP contribution is -2.34. The number of benzene rings is 1. The Balaban J connectivity index is 1.71. The first-order chi connectivity index (χ1) is 9.22. The molecule has 4 heteroatoms. The van der Waals surface area contributed by atoms with Gasteiger partial charge in [0.15, 0.2) is 5.79 Å². The molecule has 0 atom stereocenters. The minimum absolute atomic E-state index is 0.173. The summed E-state index contributed by atoms with van der Waals surface area (Å²) >= 11 is 0. The highest BCUT2D eigenvalue weighted by Crippen LogP contribution is 2.43. The van der Waals surface area contributed by atoms with E-state index in [0.29, 0.717) is 19.0 Å². The zero-order chi connectivity index (χ0) is 13.3. The molecule has 1 aliphatic carbocycles. The summed E-state index contributed by atoms with van der Waals surface area (Å²) < 4.78 is 30.5. The van der Waals surface area contributed by atoms with Crippen molar-refractivity contribution in [1.82, 2.24) is 0 Å². The summed E-state index contributed by atoms with van der Waals surface area (Å²) in [5.74, 6) is 0.272. The molecular weight excluding hydrogens is 247 g/mol. The van der Waals surface area contributed by atoms with E-state index < -0.39 is 0 Å². The Morgan fingerprint density at radius 2 is 1.89 bits per heavy atom. The molecule has 3 nitrogen and oxygen atoms in total. The summed E-state index contributed by atoms with van der Waals surface area (Å²) in [6.07, 6.45) is 3.51. The van der Waals surface area contributed by atoms with Crippen LogP contribution in [0.2, 0.25) is 0 Å². The lowest BCUT2D eigenvalue weighted by molar-refractivity contribution is -0.178. The third-order valence-corrected chi connectivity index (χ3v) is 4.21. The molecule has 2 aliphatic rings. The van der Waals surface area contributed by atoms with Crippen LogP contribution in [0.25, 0.3) is 0 Å². The maximum atomic E-state index is 14.0. The van der Waals surface area contributed by atoms with Gasteiger partial charge in [0.1, 0.15) is 11.6 Å². The standard InChI is InChI=1S/C15H19FO3/c1-17-12-2-3-13(14(16)10-12)11-4-6-15(7-5-11)18-8-9-19-15/h2-3,10-11H,4-9H2,1H3. The Hall–Kier alpha value is -1.13. The van der Waals surface area contributed by atoms with E-state index in [0.717, 1.165) is 31.2 Å². The van der Waals surface area contributed by atoms with Crippen LogP contribution in [0.3, 0.4) is 0 Å². The van der Waals surface area contributed by atoms with Gasteiger partial charge in [0.25, 0.3) is 0 Å². The minimum Gasteiger partial charge on any atom is -0.497 e. The molecule has 19 heavy (non-hydrogen) atoms. The second-order valence-electron chi connectivity index (χ2n) is 5.27. The van der Waals surface area contributed by atoms with Gasteiger partial charge < -0.3 is 14.2 Å². The van der Waals surface area contributed by atoms with Crippen LogP contribution in [-0.4, -0.2) is 26.1 Å². The van der Waals surface area contributed by atoms with Crippen LogP contribution in [0, 0.1) is 5.82 Å². The van der Waals surface area contributed by atoms with E-state index in [1.165, 1.54) is 6.07 Å². The summed E-state index contributed by atoms with van der Waals surface area (Å²) in [4.78, 5) is 0. The lowest BCUT2D eigenvalue weighted by Gasteiger charge is -2.35. The molecule has 0 bridgehead atoms. The Morgan fingerprint density at radius 3 is 2.47 bits per heavy atom. The molecular formula is C15H19FO3. The fraction of sp³-hybridized carbons (Fsp3) is 0.600. The average molecular weight is 266 g/mol. The molecule has 1 saturated carbocycles. The Labute approximate surface area is 112 Å². The van der Waals surface area contributed by atoms with Crippen LogP contribution in [0.1, 0.15) is 37.2 Å². The van der Waals surface area contributed by atoms with Gasteiger partial charge in [0.2, 0.25) is 0 Å². The highest BCUT2D eigenvalue weighted by molar-refractivity contribution is 5.31. The van der Waals surface area contributed by atoms with Crippen molar-refractivity contribution in [3.63, 3.8) is 0 Å². The molecule has 2 fully saturated rings. The first-order valence-electron chi connectivity index (χ1n) is 6.84. The van der Waals surface area contributed by atoms with E-state index in [2.05, 4.69) is 0 Å². The molecule has 0 unspecified atom stereocenters. The third kappa shape index (κ3) is 2.47. The van der Waals surface area contributed by atoms with Gasteiger partial charge in [-0.2, -0.15) is 0 Å². The maximum Gasteiger partial charge on any atom is 0.168 e. The van der Waals surface area contributed by atoms with E-state index in [9.17, 15) is 4.39 Å². The van der Waals surface area contributed by atoms with Crippen molar-refractivity contribution in [3.8, 4) is 5.75 Å². The minimum atomic E-state index is -0.376. The van der Waals surface area contributed by atoms with Gasteiger partial charge in [-0.15, -0.1) is 0 Å². The molecule has 0 aromatic heterocycles. The van der Waals surface area contributed by atoms with Crippen molar-refractivity contribution in [2.24, 2.45) is 0 Å². The fourth-order valence-corrected chi connectivity index (χ4v) is 3.12. The first-order valence-corrected chi connectivity index (χ1v) is 6.84. The zero-order valence-electron chi connectivity index (χ0n) is 11.2. The number of hydrogen-bond acceptors (Lipinski definition) is 3. The molecule has 0 N–H and O–H groups in total. The Kier molecular flexibility index (Phi) is 3.46. The van der Waals surface area contributed by atoms with Gasteiger partial charge in [-0.05, 0) is 30.4 Å². The van der Waals surface area contributed by atoms with E-state index in [1.807, 2.05) is 12.1 Å². The molecule has 104 valence electrons. The van der Waals surface area contributed by atoms with E-state index in [1.54, 1.807) is 7.11 Å². The van der Waals surface area contributed by atoms with Crippen LogP contribution >= 0.6 is 0 Å². The second-order valence-corrected chi connectivity index (χ2v) is 5.27. The van der Waals surface area contributed by atoms with Gasteiger partial charge in [-0.25, -0.2) is 4.39 Å². The molecule has 1 aromatic carbocycles. The number of halogens is 1. The molecule has 3 rings (SSSR count). The molecule has 1 aliphatic heterocycles. The van der Waals surface area contributed by atoms with Gasteiger partial charge in [0.05, 0.1) is 20.3 Å². The van der Waals surface area contributed by atoms with Crippen molar-refractivity contribution in [2.75, 3.05) is 20.3 Å². The van der Waals surface area contributed by atoms with Crippen LogP contribution in [0.4, 0.5) is 4.39 Å². The molecule has 0 radical (unpaired) electrons. The van der Waals surface area contributed by atoms with Gasteiger partial charge in [-0.1, -0.05) is 6.07 Å². The van der Waals surface area contributed by atoms with Crippen molar-refractivity contribution >= 4 is 0 Å². The normalized spacial score (nSPS) is 22.8. The van der Waals surface area contributed by atoms with Crippen molar-refractivity contribution in [1.29, 1.82) is 0 Å². The summed E-state index contributed by atoms with van der Waals surface area (Å²) in [6.45, 7) is 1.36. The second kappa shape index (κ2) is 5.10. The number of methoxy groups -OCH3 is 1.